The van der Waals surface area contributed by atoms with E-state index >= 15 is 0 Å². The molecular formula is C57H52Br2N2O6. The Morgan fingerprint density at radius 1 is 0.537 bits per heavy atom. The minimum Gasteiger partial charge on any atom is -0.478 e. The van der Waals surface area contributed by atoms with Gasteiger partial charge in [0, 0.05) is 49.6 Å². The van der Waals surface area contributed by atoms with Crippen LogP contribution in [0.3, 0.4) is 0 Å². The average molecular weight is 1020 g/mol. The topological polar surface area (TPSA) is 124 Å². The summed E-state index contributed by atoms with van der Waals surface area (Å²) in [4.78, 5) is 33.7. The molecule has 0 fully saturated rings. The van der Waals surface area contributed by atoms with Crippen LogP contribution in [-0.4, -0.2) is 33.5 Å². The van der Waals surface area contributed by atoms with Crippen molar-refractivity contribution in [2.24, 2.45) is 0 Å². The molecule has 0 aliphatic heterocycles. The van der Waals surface area contributed by atoms with E-state index in [1.54, 1.807) is 24.3 Å². The number of aldehydes is 1. The van der Waals surface area contributed by atoms with Crippen LogP contribution in [0.1, 0.15) is 119 Å². The standard InChI is InChI=1S/C29H26BrNO3.C28H26BrNO3/c1-29(2,3)23-12-8-20(9-13-23)25(16-19-4-6-21(7-5-19)27(33)18-32)26-17-28(34-31-26)22-10-14-24(30)15-11-22;1-28(2,3)22-12-8-19(9-13-22)24(16-18-4-6-21(7-5-18)27(31)32)25-17-26(33-30-25)20-10-14-23(29)15-11-20/h4-15,17-18,25H,16H2,1-3H3;4-15,17,24H,16H2,1-3H3,(H,31,32). The van der Waals surface area contributed by atoms with Crippen molar-refractivity contribution in [3.05, 3.63) is 223 Å². The molecule has 2 atom stereocenters. The van der Waals surface area contributed by atoms with Crippen molar-refractivity contribution in [1.29, 1.82) is 0 Å². The number of carboxylic acids is 1. The van der Waals surface area contributed by atoms with Crippen LogP contribution in [0.15, 0.2) is 176 Å². The highest BCUT2D eigenvalue weighted by molar-refractivity contribution is 9.10. The molecule has 1 N–H and O–H groups in total. The van der Waals surface area contributed by atoms with Crippen LogP contribution in [0.4, 0.5) is 0 Å². The molecule has 0 saturated carbocycles. The second-order valence-corrected chi connectivity index (χ2v) is 20.5. The molecule has 8 rings (SSSR count). The number of ketones is 1. The van der Waals surface area contributed by atoms with Gasteiger partial charge in [-0.3, -0.25) is 9.59 Å². The lowest BCUT2D eigenvalue weighted by Gasteiger charge is -2.21. The van der Waals surface area contributed by atoms with Crippen molar-refractivity contribution < 1.29 is 28.5 Å². The number of carbonyl (C=O) groups excluding carboxylic acids is 2. The van der Waals surface area contributed by atoms with E-state index in [2.05, 4.69) is 132 Å². The van der Waals surface area contributed by atoms with Crippen molar-refractivity contribution in [3.63, 3.8) is 0 Å². The molecule has 0 spiro atoms. The first-order chi connectivity index (χ1) is 31.9. The van der Waals surface area contributed by atoms with Gasteiger partial charge in [-0.25, -0.2) is 4.79 Å². The van der Waals surface area contributed by atoms with Crippen LogP contribution in [0, 0.1) is 0 Å². The van der Waals surface area contributed by atoms with E-state index in [9.17, 15) is 19.5 Å². The number of benzene rings is 6. The first kappa shape index (κ1) is 48.4. The molecule has 0 aliphatic rings. The fraction of sp³-hybridized carbons (Fsp3) is 0.211. The fourth-order valence-corrected chi connectivity index (χ4v) is 8.28. The third-order valence-corrected chi connectivity index (χ3v) is 12.9. The van der Waals surface area contributed by atoms with Gasteiger partial charge in [0.15, 0.2) is 17.8 Å². The average Bonchev–Trinajstić information content (AvgIpc) is 4.02. The van der Waals surface area contributed by atoms with Crippen LogP contribution in [0.5, 0.6) is 0 Å². The van der Waals surface area contributed by atoms with Gasteiger partial charge in [0.25, 0.3) is 0 Å². The van der Waals surface area contributed by atoms with E-state index in [1.165, 1.54) is 11.1 Å². The molecule has 2 unspecified atom stereocenters. The number of hydrogen-bond acceptors (Lipinski definition) is 7. The fourth-order valence-electron chi connectivity index (χ4n) is 7.75. The third kappa shape index (κ3) is 12.5. The summed E-state index contributed by atoms with van der Waals surface area (Å²) in [6, 6.07) is 51.4. The lowest BCUT2D eigenvalue weighted by molar-refractivity contribution is -0.104. The number of aromatic carboxylic acids is 1. The molecule has 67 heavy (non-hydrogen) atoms. The van der Waals surface area contributed by atoms with Gasteiger partial charge in [0.2, 0.25) is 5.78 Å². The first-order valence-corrected chi connectivity index (χ1v) is 23.6. The maximum atomic E-state index is 11.7. The number of nitrogens with zero attached hydrogens (tertiary/aromatic N) is 2. The highest BCUT2D eigenvalue weighted by Crippen LogP contribution is 2.35. The van der Waals surface area contributed by atoms with Crippen LogP contribution in [0.2, 0.25) is 0 Å². The molecule has 8 aromatic rings. The molecule has 0 radical (unpaired) electrons. The molecule has 0 aliphatic carbocycles. The van der Waals surface area contributed by atoms with E-state index in [0.29, 0.717) is 30.5 Å². The number of halogens is 2. The molecule has 10 heteroatoms. The number of hydrogen-bond donors (Lipinski definition) is 1. The second kappa shape index (κ2) is 21.0. The summed E-state index contributed by atoms with van der Waals surface area (Å²) in [6.07, 6.45) is 1.70. The first-order valence-electron chi connectivity index (χ1n) is 22.0. The predicted molar refractivity (Wildman–Crippen MR) is 271 cm³/mol. The molecule has 340 valence electrons. The molecule has 2 heterocycles. The molecule has 8 nitrogen and oxygen atoms in total. The van der Waals surface area contributed by atoms with Crippen molar-refractivity contribution >= 4 is 49.9 Å². The van der Waals surface area contributed by atoms with Gasteiger partial charge in [-0.2, -0.15) is 0 Å². The van der Waals surface area contributed by atoms with E-state index in [1.807, 2.05) is 84.9 Å². The Labute approximate surface area is 408 Å². The van der Waals surface area contributed by atoms with Gasteiger partial charge in [-0.15, -0.1) is 0 Å². The monoisotopic (exact) mass is 1020 g/mol. The van der Waals surface area contributed by atoms with Crippen molar-refractivity contribution in [1.82, 2.24) is 10.3 Å². The maximum Gasteiger partial charge on any atom is 0.335 e. The Hall–Kier alpha value is -6.49. The number of Topliss-reactive ketones (excluding diaryl/α,β-unsaturated/α-hetero) is 1. The highest BCUT2D eigenvalue weighted by Gasteiger charge is 2.24. The Bertz CT molecular complexity index is 2920. The Balaban J connectivity index is 0.000000199. The zero-order valence-corrected chi connectivity index (χ0v) is 41.5. The largest absolute Gasteiger partial charge is 0.478 e. The second-order valence-electron chi connectivity index (χ2n) is 18.7. The van der Waals surface area contributed by atoms with Gasteiger partial charge in [-0.1, -0.05) is 193 Å². The van der Waals surface area contributed by atoms with Gasteiger partial charge in [-0.05, 0) is 93.5 Å². The normalized spacial score (nSPS) is 12.4. The molecule has 2 aromatic heterocycles. The van der Waals surface area contributed by atoms with E-state index in [-0.39, 0.29) is 28.2 Å². The zero-order chi connectivity index (χ0) is 47.9. The van der Waals surface area contributed by atoms with Crippen molar-refractivity contribution in [2.45, 2.75) is 77.0 Å². The number of carbonyl (C=O) groups is 3. The van der Waals surface area contributed by atoms with Crippen LogP contribution >= 0.6 is 31.9 Å². The molecule has 6 aromatic carbocycles. The van der Waals surface area contributed by atoms with Crippen molar-refractivity contribution in [3.8, 4) is 22.6 Å². The van der Waals surface area contributed by atoms with Gasteiger partial charge < -0.3 is 14.2 Å². The van der Waals surface area contributed by atoms with E-state index in [4.69, 9.17) is 9.05 Å². The lowest BCUT2D eigenvalue weighted by atomic mass is 9.83. The highest BCUT2D eigenvalue weighted by atomic mass is 79.9. The van der Waals surface area contributed by atoms with Gasteiger partial charge in [0.05, 0.1) is 17.0 Å². The Morgan fingerprint density at radius 2 is 0.896 bits per heavy atom. The maximum absolute atomic E-state index is 11.7. The molecule has 0 amide bonds. The minimum atomic E-state index is -0.925. The van der Waals surface area contributed by atoms with E-state index < -0.39 is 11.8 Å². The summed E-state index contributed by atoms with van der Waals surface area (Å²) >= 11 is 6.93. The summed E-state index contributed by atoms with van der Waals surface area (Å²) in [7, 11) is 0. The Kier molecular flexibility index (Phi) is 15.2. The number of aromatic nitrogens is 2. The van der Waals surface area contributed by atoms with Crippen LogP contribution in [0.25, 0.3) is 22.6 Å². The zero-order valence-electron chi connectivity index (χ0n) is 38.3. The number of rotatable bonds is 13. The summed E-state index contributed by atoms with van der Waals surface area (Å²) in [5.74, 6) is -0.0685. The summed E-state index contributed by atoms with van der Waals surface area (Å²) < 4.78 is 13.5. The van der Waals surface area contributed by atoms with Gasteiger partial charge in [0.1, 0.15) is 0 Å². The molecule has 0 saturated heterocycles. The van der Waals surface area contributed by atoms with E-state index in [0.717, 1.165) is 59.5 Å². The lowest BCUT2D eigenvalue weighted by Crippen LogP contribution is -2.12. The summed E-state index contributed by atoms with van der Waals surface area (Å²) in [5.41, 5.74) is 11.3. The summed E-state index contributed by atoms with van der Waals surface area (Å²) in [6.45, 7) is 13.2. The quantitative estimate of drug-likeness (QED) is 0.0688. The molecular weight excluding hydrogens is 968 g/mol. The number of carboxylic acid groups (broad SMARTS) is 1. The van der Waals surface area contributed by atoms with Gasteiger partial charge >= 0.3 is 5.97 Å². The minimum absolute atomic E-state index is 0.0253. The SMILES string of the molecule is CC(C)(C)c1ccc(C(Cc2ccc(C(=O)C=O)cc2)c2cc(-c3ccc(Br)cc3)on2)cc1.CC(C)(C)c1ccc(C(Cc2ccc(C(=O)O)cc2)c2cc(-c3ccc(Br)cc3)on2)cc1. The Morgan fingerprint density at radius 3 is 1.22 bits per heavy atom. The smallest absolute Gasteiger partial charge is 0.335 e. The van der Waals surface area contributed by atoms with Crippen LogP contribution in [-0.2, 0) is 28.5 Å². The summed E-state index contributed by atoms with van der Waals surface area (Å²) in [5, 5.41) is 18.1. The third-order valence-electron chi connectivity index (χ3n) is 11.8. The molecule has 0 bridgehead atoms. The predicted octanol–water partition coefficient (Wildman–Crippen LogP) is 14.6. The van der Waals surface area contributed by atoms with Crippen LogP contribution < -0.4 is 0 Å². The van der Waals surface area contributed by atoms with Crippen molar-refractivity contribution in [2.75, 3.05) is 0 Å².